The molecule has 1 atom stereocenters. The van der Waals surface area contributed by atoms with Crippen molar-refractivity contribution in [1.82, 2.24) is 25.4 Å². The van der Waals surface area contributed by atoms with Crippen LogP contribution < -0.4 is 10.6 Å². The summed E-state index contributed by atoms with van der Waals surface area (Å²) in [4.78, 5) is 19.4. The number of hydrogen-bond acceptors (Lipinski definition) is 5. The summed E-state index contributed by atoms with van der Waals surface area (Å²) in [7, 11) is 1.71. The average molecular weight is 499 g/mol. The largest absolute Gasteiger partial charge is 0.352 e. The van der Waals surface area contributed by atoms with Gasteiger partial charge in [-0.1, -0.05) is 26.0 Å². The second-order valence-electron chi connectivity index (χ2n) is 6.96. The summed E-state index contributed by atoms with van der Waals surface area (Å²) >= 11 is 0. The van der Waals surface area contributed by atoms with Gasteiger partial charge in [0.15, 0.2) is 11.8 Å². The molecule has 0 aliphatic carbocycles. The summed E-state index contributed by atoms with van der Waals surface area (Å²) in [6, 6.07) is 6.79. The van der Waals surface area contributed by atoms with E-state index in [2.05, 4.69) is 39.6 Å². The van der Waals surface area contributed by atoms with Gasteiger partial charge in [-0.25, -0.2) is 9.67 Å². The second kappa shape index (κ2) is 9.80. The van der Waals surface area contributed by atoms with E-state index in [9.17, 15) is 10.1 Å². The Kier molecular flexibility index (Phi) is 7.72. The lowest BCUT2D eigenvalue weighted by atomic mass is 10.1. The number of benzene rings is 1. The summed E-state index contributed by atoms with van der Waals surface area (Å²) in [5.74, 6) is 2.91. The van der Waals surface area contributed by atoms with Gasteiger partial charge in [0, 0.05) is 44.1 Å². The maximum atomic E-state index is 10.9. The Morgan fingerprint density at radius 2 is 2.25 bits per heavy atom. The molecule has 0 bridgehead atoms. The Morgan fingerprint density at radius 3 is 2.93 bits per heavy atom. The Labute approximate surface area is 181 Å². The van der Waals surface area contributed by atoms with Crippen molar-refractivity contribution >= 4 is 35.6 Å². The molecule has 0 saturated heterocycles. The molecule has 0 amide bonds. The zero-order chi connectivity index (χ0) is 19.4. The van der Waals surface area contributed by atoms with Gasteiger partial charge in [-0.15, -0.1) is 24.0 Å². The maximum Gasteiger partial charge on any atom is 0.269 e. The third-order valence-corrected chi connectivity index (χ3v) is 4.54. The van der Waals surface area contributed by atoms with E-state index in [0.29, 0.717) is 18.4 Å². The molecule has 1 aliphatic heterocycles. The highest BCUT2D eigenvalue weighted by molar-refractivity contribution is 14.0. The number of halogens is 1. The van der Waals surface area contributed by atoms with E-state index in [-0.39, 0.29) is 40.6 Å². The van der Waals surface area contributed by atoms with Crippen molar-refractivity contribution in [3.63, 3.8) is 0 Å². The standard InChI is InChI=1S/C18H25N7O2.HI/c1-12(2)17-22-16-8-7-14(11-24(16)23-17)21-18(19-3)20-10-13-5-4-6-15(9-13)25(26)27;/h4-6,9,12,14H,7-8,10-11H2,1-3H3,(H2,19,20,21);1H. The molecular formula is C18H26IN7O2. The number of nitro benzene ring substituents is 1. The summed E-state index contributed by atoms with van der Waals surface area (Å²) in [5, 5.41) is 22.1. The van der Waals surface area contributed by atoms with Gasteiger partial charge in [-0.2, -0.15) is 5.10 Å². The van der Waals surface area contributed by atoms with Crippen LogP contribution in [0.4, 0.5) is 5.69 Å². The van der Waals surface area contributed by atoms with E-state index < -0.39 is 0 Å². The van der Waals surface area contributed by atoms with Crippen molar-refractivity contribution in [2.45, 2.75) is 51.7 Å². The van der Waals surface area contributed by atoms with Crippen molar-refractivity contribution in [2.24, 2.45) is 4.99 Å². The normalized spacial score (nSPS) is 16.3. The number of nitrogens with one attached hydrogen (secondary N) is 2. The highest BCUT2D eigenvalue weighted by Crippen LogP contribution is 2.17. The Balaban J connectivity index is 0.00000280. The van der Waals surface area contributed by atoms with Crippen LogP contribution in [-0.2, 0) is 19.5 Å². The highest BCUT2D eigenvalue weighted by atomic mass is 127. The minimum atomic E-state index is -0.389. The third kappa shape index (κ3) is 5.40. The molecule has 1 unspecified atom stereocenters. The third-order valence-electron chi connectivity index (χ3n) is 4.54. The number of aliphatic imine (C=N–C) groups is 1. The van der Waals surface area contributed by atoms with Crippen molar-refractivity contribution in [3.05, 3.63) is 51.6 Å². The van der Waals surface area contributed by atoms with Gasteiger partial charge >= 0.3 is 0 Å². The lowest BCUT2D eigenvalue weighted by Crippen LogP contribution is -2.46. The fourth-order valence-electron chi connectivity index (χ4n) is 3.04. The number of rotatable bonds is 5. The van der Waals surface area contributed by atoms with Crippen LogP contribution in [0.2, 0.25) is 0 Å². The monoisotopic (exact) mass is 499 g/mol. The molecule has 10 heteroatoms. The van der Waals surface area contributed by atoms with Gasteiger partial charge in [0.1, 0.15) is 5.82 Å². The van der Waals surface area contributed by atoms with Crippen molar-refractivity contribution < 1.29 is 4.92 Å². The highest BCUT2D eigenvalue weighted by Gasteiger charge is 2.23. The van der Waals surface area contributed by atoms with Crippen LogP contribution in [0.1, 0.15) is 43.4 Å². The SMILES string of the molecule is CN=C(NCc1cccc([N+](=O)[O-])c1)NC1CCc2nc(C(C)C)nn2C1.I. The van der Waals surface area contributed by atoms with Crippen LogP contribution in [0.3, 0.4) is 0 Å². The minimum Gasteiger partial charge on any atom is -0.352 e. The van der Waals surface area contributed by atoms with E-state index in [1.807, 2.05) is 10.7 Å². The first kappa shape index (κ1) is 22.1. The molecule has 2 heterocycles. The predicted molar refractivity (Wildman–Crippen MR) is 118 cm³/mol. The molecule has 28 heavy (non-hydrogen) atoms. The molecule has 0 radical (unpaired) electrons. The first-order valence-corrected chi connectivity index (χ1v) is 9.10. The molecule has 2 N–H and O–H groups in total. The second-order valence-corrected chi connectivity index (χ2v) is 6.96. The number of non-ortho nitro benzene ring substituents is 1. The summed E-state index contributed by atoms with van der Waals surface area (Å²) < 4.78 is 1.98. The number of nitro groups is 1. The number of hydrogen-bond donors (Lipinski definition) is 2. The van der Waals surface area contributed by atoms with Crippen LogP contribution in [-0.4, -0.2) is 38.7 Å². The molecule has 1 aromatic heterocycles. The van der Waals surface area contributed by atoms with Gasteiger partial charge in [-0.3, -0.25) is 15.1 Å². The molecule has 0 fully saturated rings. The topological polar surface area (TPSA) is 110 Å². The van der Waals surface area contributed by atoms with Crippen molar-refractivity contribution in [3.8, 4) is 0 Å². The predicted octanol–water partition coefficient (Wildman–Crippen LogP) is 2.61. The maximum absolute atomic E-state index is 10.9. The molecule has 1 aromatic carbocycles. The van der Waals surface area contributed by atoms with Gasteiger partial charge in [0.2, 0.25) is 0 Å². The van der Waals surface area contributed by atoms with E-state index >= 15 is 0 Å². The van der Waals surface area contributed by atoms with E-state index in [0.717, 1.165) is 36.6 Å². The number of aromatic nitrogens is 3. The summed E-state index contributed by atoms with van der Waals surface area (Å²) in [5.41, 5.74) is 0.917. The quantitative estimate of drug-likeness (QED) is 0.215. The van der Waals surface area contributed by atoms with E-state index in [4.69, 9.17) is 0 Å². The van der Waals surface area contributed by atoms with E-state index in [1.54, 1.807) is 19.2 Å². The van der Waals surface area contributed by atoms with Crippen LogP contribution in [0.15, 0.2) is 29.3 Å². The lowest BCUT2D eigenvalue weighted by Gasteiger charge is -2.25. The van der Waals surface area contributed by atoms with Crippen LogP contribution >= 0.6 is 24.0 Å². The average Bonchev–Trinajstić information content (AvgIpc) is 3.09. The fourth-order valence-corrected chi connectivity index (χ4v) is 3.04. The molecule has 1 aliphatic rings. The van der Waals surface area contributed by atoms with Crippen molar-refractivity contribution in [1.29, 1.82) is 0 Å². The molecule has 9 nitrogen and oxygen atoms in total. The van der Waals surface area contributed by atoms with Gasteiger partial charge in [0.25, 0.3) is 5.69 Å². The Bertz CT molecular complexity index is 850. The Morgan fingerprint density at radius 1 is 1.46 bits per heavy atom. The molecular weight excluding hydrogens is 473 g/mol. The smallest absolute Gasteiger partial charge is 0.269 e. The zero-order valence-electron chi connectivity index (χ0n) is 16.3. The molecule has 152 valence electrons. The van der Waals surface area contributed by atoms with Crippen LogP contribution in [0.5, 0.6) is 0 Å². The number of nitrogens with zero attached hydrogens (tertiary/aromatic N) is 5. The first-order valence-electron chi connectivity index (χ1n) is 9.10. The van der Waals surface area contributed by atoms with Crippen LogP contribution in [0.25, 0.3) is 0 Å². The van der Waals surface area contributed by atoms with Crippen molar-refractivity contribution in [2.75, 3.05) is 7.05 Å². The fraction of sp³-hybridized carbons (Fsp3) is 0.500. The number of guanidine groups is 1. The summed E-state index contributed by atoms with van der Waals surface area (Å²) in [6.07, 6.45) is 1.83. The Hall–Kier alpha value is -2.24. The summed E-state index contributed by atoms with van der Waals surface area (Å²) in [6.45, 7) is 5.39. The zero-order valence-corrected chi connectivity index (χ0v) is 18.6. The lowest BCUT2D eigenvalue weighted by molar-refractivity contribution is -0.384. The van der Waals surface area contributed by atoms with Crippen LogP contribution in [0, 0.1) is 10.1 Å². The number of aryl methyl sites for hydroxylation is 1. The number of fused-ring (bicyclic) bond motifs is 1. The van der Waals surface area contributed by atoms with Gasteiger partial charge in [-0.05, 0) is 12.0 Å². The minimum absolute atomic E-state index is 0. The molecule has 2 aromatic rings. The molecule has 0 saturated carbocycles. The molecule has 3 rings (SSSR count). The molecule has 0 spiro atoms. The van der Waals surface area contributed by atoms with Gasteiger partial charge < -0.3 is 10.6 Å². The van der Waals surface area contributed by atoms with E-state index in [1.165, 1.54) is 6.07 Å². The van der Waals surface area contributed by atoms with Gasteiger partial charge in [0.05, 0.1) is 11.5 Å². The first-order chi connectivity index (χ1) is 13.0.